The van der Waals surface area contributed by atoms with Crippen LogP contribution in [0.15, 0.2) is 0 Å². The average molecular weight is 226 g/mol. The third kappa shape index (κ3) is 5.31. The van der Waals surface area contributed by atoms with Crippen molar-refractivity contribution in [3.8, 4) is 0 Å². The lowest BCUT2D eigenvalue weighted by Gasteiger charge is -2.39. The van der Waals surface area contributed by atoms with E-state index in [4.69, 9.17) is 5.73 Å². The second-order valence-electron chi connectivity index (χ2n) is 7.39. The van der Waals surface area contributed by atoms with Crippen LogP contribution in [-0.2, 0) is 0 Å². The summed E-state index contributed by atoms with van der Waals surface area (Å²) in [6, 6.07) is 1.04. The van der Waals surface area contributed by atoms with Crippen molar-refractivity contribution in [2.24, 2.45) is 11.1 Å². The molecule has 0 aromatic carbocycles. The lowest BCUT2D eigenvalue weighted by molar-refractivity contribution is 0.199. The maximum Gasteiger partial charge on any atom is 0.0132 e. The van der Waals surface area contributed by atoms with Gasteiger partial charge in [-0.3, -0.25) is 0 Å². The second kappa shape index (κ2) is 5.05. The molecule has 16 heavy (non-hydrogen) atoms. The monoisotopic (exact) mass is 226 g/mol. The maximum atomic E-state index is 6.03. The van der Waals surface area contributed by atoms with Crippen LogP contribution in [0.3, 0.4) is 0 Å². The van der Waals surface area contributed by atoms with Crippen molar-refractivity contribution in [2.75, 3.05) is 0 Å². The van der Waals surface area contributed by atoms with Gasteiger partial charge in [-0.25, -0.2) is 0 Å². The summed E-state index contributed by atoms with van der Waals surface area (Å²) in [6.45, 7) is 11.6. The van der Waals surface area contributed by atoms with Crippen LogP contribution in [0.5, 0.6) is 0 Å². The summed E-state index contributed by atoms with van der Waals surface area (Å²) in [5, 5.41) is 3.80. The molecule has 1 aliphatic rings. The highest BCUT2D eigenvalue weighted by Crippen LogP contribution is 2.28. The van der Waals surface area contributed by atoms with Crippen LogP contribution in [0.25, 0.3) is 0 Å². The zero-order chi connectivity index (χ0) is 12.4. The Bertz CT molecular complexity index is 215. The Balaban J connectivity index is 2.45. The molecule has 2 heteroatoms. The minimum absolute atomic E-state index is 0.222. The summed E-state index contributed by atoms with van der Waals surface area (Å²) < 4.78 is 0. The molecule has 0 heterocycles. The topological polar surface area (TPSA) is 38.0 Å². The van der Waals surface area contributed by atoms with Gasteiger partial charge in [0.15, 0.2) is 0 Å². The van der Waals surface area contributed by atoms with Gasteiger partial charge in [0, 0.05) is 17.6 Å². The van der Waals surface area contributed by atoms with E-state index in [1.165, 1.54) is 25.7 Å². The molecule has 0 aliphatic heterocycles. The first-order valence-corrected chi connectivity index (χ1v) is 6.71. The van der Waals surface area contributed by atoms with E-state index in [-0.39, 0.29) is 5.54 Å². The first kappa shape index (κ1) is 14.0. The number of nitrogens with one attached hydrogen (secondary N) is 1. The van der Waals surface area contributed by atoms with E-state index < -0.39 is 0 Å². The third-order valence-electron chi connectivity index (χ3n) is 3.28. The third-order valence-corrected chi connectivity index (χ3v) is 3.28. The van der Waals surface area contributed by atoms with Crippen molar-refractivity contribution < 1.29 is 0 Å². The molecule has 1 rings (SSSR count). The molecule has 0 aromatic heterocycles. The zero-order valence-electron chi connectivity index (χ0n) is 11.8. The molecule has 3 N–H and O–H groups in total. The first-order chi connectivity index (χ1) is 7.18. The van der Waals surface area contributed by atoms with Gasteiger partial charge in [0.1, 0.15) is 0 Å². The fourth-order valence-corrected chi connectivity index (χ4v) is 3.29. The molecule has 1 aliphatic carbocycles. The molecule has 1 fully saturated rings. The van der Waals surface area contributed by atoms with E-state index >= 15 is 0 Å². The summed E-state index contributed by atoms with van der Waals surface area (Å²) in [5.41, 5.74) is 6.64. The molecule has 0 radical (unpaired) electrons. The van der Waals surface area contributed by atoms with Crippen LogP contribution < -0.4 is 11.1 Å². The quantitative estimate of drug-likeness (QED) is 0.776. The van der Waals surface area contributed by atoms with Gasteiger partial charge in [-0.1, -0.05) is 27.2 Å². The fraction of sp³-hybridized carbons (Fsp3) is 1.00. The number of hydrogen-bond donors (Lipinski definition) is 2. The molecule has 2 unspecified atom stereocenters. The van der Waals surface area contributed by atoms with Crippen molar-refractivity contribution in [3.05, 3.63) is 0 Å². The Morgan fingerprint density at radius 1 is 1.12 bits per heavy atom. The molecule has 0 saturated heterocycles. The van der Waals surface area contributed by atoms with Crippen LogP contribution in [0.1, 0.15) is 66.7 Å². The number of rotatable bonds is 3. The summed E-state index contributed by atoms with van der Waals surface area (Å²) >= 11 is 0. The lowest BCUT2D eigenvalue weighted by atomic mass is 9.80. The summed E-state index contributed by atoms with van der Waals surface area (Å²) in [6.07, 6.45) is 6.13. The highest BCUT2D eigenvalue weighted by Gasteiger charge is 2.29. The van der Waals surface area contributed by atoms with Crippen molar-refractivity contribution in [1.82, 2.24) is 5.32 Å². The first-order valence-electron chi connectivity index (χ1n) is 6.71. The fourth-order valence-electron chi connectivity index (χ4n) is 3.29. The second-order valence-corrected chi connectivity index (χ2v) is 7.39. The Morgan fingerprint density at radius 3 is 2.25 bits per heavy atom. The summed E-state index contributed by atoms with van der Waals surface area (Å²) in [4.78, 5) is 0. The molecule has 0 bridgehead atoms. The van der Waals surface area contributed by atoms with Crippen LogP contribution in [0.2, 0.25) is 0 Å². The van der Waals surface area contributed by atoms with Gasteiger partial charge < -0.3 is 11.1 Å². The van der Waals surface area contributed by atoms with E-state index in [2.05, 4.69) is 39.9 Å². The van der Waals surface area contributed by atoms with Crippen molar-refractivity contribution in [3.63, 3.8) is 0 Å². The molecular formula is C14H30N2. The standard InChI is InChI=1S/C14H30N2/c1-13(2,3)10-14(4,5)16-12-8-6-7-11(15)9-12/h11-12,16H,6-10,15H2,1-5H3. The Labute approximate surface area is 101 Å². The number of hydrogen-bond acceptors (Lipinski definition) is 2. The van der Waals surface area contributed by atoms with Gasteiger partial charge in [0.2, 0.25) is 0 Å². The van der Waals surface area contributed by atoms with E-state index in [9.17, 15) is 0 Å². The summed E-state index contributed by atoms with van der Waals surface area (Å²) in [7, 11) is 0. The van der Waals surface area contributed by atoms with E-state index in [1.807, 2.05) is 0 Å². The van der Waals surface area contributed by atoms with Gasteiger partial charge in [0.05, 0.1) is 0 Å². The minimum Gasteiger partial charge on any atom is -0.328 e. The predicted molar refractivity (Wildman–Crippen MR) is 71.5 cm³/mol. The van der Waals surface area contributed by atoms with Crippen molar-refractivity contribution in [1.29, 1.82) is 0 Å². The Kier molecular flexibility index (Phi) is 4.42. The summed E-state index contributed by atoms with van der Waals surface area (Å²) in [5.74, 6) is 0. The molecule has 96 valence electrons. The predicted octanol–water partition coefficient (Wildman–Crippen LogP) is 3.06. The van der Waals surface area contributed by atoms with Crippen molar-refractivity contribution in [2.45, 2.75) is 84.3 Å². The van der Waals surface area contributed by atoms with Crippen LogP contribution in [0, 0.1) is 5.41 Å². The lowest BCUT2D eigenvalue weighted by Crippen LogP contribution is -2.50. The molecular weight excluding hydrogens is 196 g/mol. The zero-order valence-corrected chi connectivity index (χ0v) is 11.8. The molecule has 2 nitrogen and oxygen atoms in total. The maximum absolute atomic E-state index is 6.03. The largest absolute Gasteiger partial charge is 0.328 e. The van der Waals surface area contributed by atoms with Gasteiger partial charge in [-0.2, -0.15) is 0 Å². The van der Waals surface area contributed by atoms with Crippen molar-refractivity contribution >= 4 is 0 Å². The van der Waals surface area contributed by atoms with Crippen LogP contribution >= 0.6 is 0 Å². The van der Waals surface area contributed by atoms with Crippen LogP contribution in [-0.4, -0.2) is 17.6 Å². The highest BCUT2D eigenvalue weighted by atomic mass is 15.0. The van der Waals surface area contributed by atoms with E-state index in [0.717, 1.165) is 6.42 Å². The SMILES string of the molecule is CC(C)(C)CC(C)(C)NC1CCCC(N)C1. The normalized spacial score (nSPS) is 28.1. The Morgan fingerprint density at radius 2 is 1.75 bits per heavy atom. The van der Waals surface area contributed by atoms with E-state index in [1.54, 1.807) is 0 Å². The molecule has 0 aromatic rings. The Hall–Kier alpha value is -0.0800. The molecule has 0 spiro atoms. The van der Waals surface area contributed by atoms with Gasteiger partial charge in [-0.15, -0.1) is 0 Å². The van der Waals surface area contributed by atoms with E-state index in [0.29, 0.717) is 17.5 Å². The molecule has 2 atom stereocenters. The molecule has 1 saturated carbocycles. The van der Waals surface area contributed by atoms with Crippen LogP contribution in [0.4, 0.5) is 0 Å². The van der Waals surface area contributed by atoms with Gasteiger partial charge >= 0.3 is 0 Å². The smallest absolute Gasteiger partial charge is 0.0132 e. The highest BCUT2D eigenvalue weighted by molar-refractivity contribution is 4.89. The minimum atomic E-state index is 0.222. The number of nitrogens with two attached hydrogens (primary N) is 1. The average Bonchev–Trinajstić information content (AvgIpc) is 1.96. The van der Waals surface area contributed by atoms with Gasteiger partial charge in [-0.05, 0) is 44.9 Å². The molecule has 0 amide bonds. The van der Waals surface area contributed by atoms with Gasteiger partial charge in [0.25, 0.3) is 0 Å².